The number of aromatic nitrogens is 1. The Labute approximate surface area is 128 Å². The average Bonchev–Trinajstić information content (AvgIpc) is 2.98. The van der Waals surface area contributed by atoms with Crippen LogP contribution in [0.4, 0.5) is 4.79 Å². The number of carbonyl (C=O) groups is 1. The van der Waals surface area contributed by atoms with Crippen LogP contribution in [0.2, 0.25) is 0 Å². The molecule has 0 fully saturated rings. The molecule has 0 saturated heterocycles. The van der Waals surface area contributed by atoms with Gasteiger partial charge >= 0.3 is 6.03 Å². The quantitative estimate of drug-likeness (QED) is 0.792. The monoisotopic (exact) mass is 305 g/mol. The highest BCUT2D eigenvalue weighted by Gasteiger charge is 2.24. The van der Waals surface area contributed by atoms with Crippen molar-refractivity contribution in [3.8, 4) is 0 Å². The molecule has 2 amide bonds. The van der Waals surface area contributed by atoms with Crippen LogP contribution in [0.3, 0.4) is 0 Å². The first kappa shape index (κ1) is 15.5. The molecule has 2 heterocycles. The minimum Gasteiger partial charge on any atom is -0.384 e. The number of aliphatic hydroxyl groups is 1. The Hall–Kier alpha value is -1.92. The molecule has 3 N–H and O–H groups in total. The van der Waals surface area contributed by atoms with Gasteiger partial charge in [-0.15, -0.1) is 0 Å². The maximum atomic E-state index is 11.8. The van der Waals surface area contributed by atoms with Crippen molar-refractivity contribution >= 4 is 17.4 Å². The fourth-order valence-electron chi connectivity index (χ4n) is 1.86. The van der Waals surface area contributed by atoms with Gasteiger partial charge in [-0.1, -0.05) is 6.07 Å². The predicted molar refractivity (Wildman–Crippen MR) is 83.1 cm³/mol. The first-order chi connectivity index (χ1) is 9.97. The van der Waals surface area contributed by atoms with Gasteiger partial charge in [0.25, 0.3) is 0 Å². The molecule has 5 nitrogen and oxygen atoms in total. The van der Waals surface area contributed by atoms with E-state index in [2.05, 4.69) is 15.6 Å². The molecule has 112 valence electrons. The number of nitrogens with one attached hydrogen (secondary N) is 2. The Morgan fingerprint density at radius 2 is 2.19 bits per heavy atom. The first-order valence-electron chi connectivity index (χ1n) is 6.67. The molecule has 0 spiro atoms. The molecule has 0 bridgehead atoms. The topological polar surface area (TPSA) is 74.2 Å². The Morgan fingerprint density at radius 1 is 1.38 bits per heavy atom. The number of hydrogen-bond donors (Lipinski definition) is 3. The van der Waals surface area contributed by atoms with E-state index < -0.39 is 5.60 Å². The summed E-state index contributed by atoms with van der Waals surface area (Å²) in [5.41, 5.74) is 1.44. The molecule has 0 aliphatic carbocycles. The summed E-state index contributed by atoms with van der Waals surface area (Å²) in [6, 6.07) is 7.18. The summed E-state index contributed by atoms with van der Waals surface area (Å²) in [5.74, 6) is 0. The lowest BCUT2D eigenvalue weighted by Gasteiger charge is -2.22. The van der Waals surface area contributed by atoms with Gasteiger partial charge in [0.15, 0.2) is 0 Å². The van der Waals surface area contributed by atoms with Crippen LogP contribution in [-0.2, 0) is 12.1 Å². The van der Waals surface area contributed by atoms with Crippen LogP contribution in [0.5, 0.6) is 0 Å². The zero-order valence-electron chi connectivity index (χ0n) is 12.1. The van der Waals surface area contributed by atoms with Gasteiger partial charge in [0, 0.05) is 5.69 Å². The van der Waals surface area contributed by atoms with Crippen molar-refractivity contribution in [3.05, 3.63) is 52.0 Å². The van der Waals surface area contributed by atoms with Crippen LogP contribution in [-0.4, -0.2) is 22.7 Å². The summed E-state index contributed by atoms with van der Waals surface area (Å²) in [7, 11) is 0. The number of aryl methyl sites for hydroxylation is 1. The molecule has 0 aliphatic heterocycles. The van der Waals surface area contributed by atoms with Crippen molar-refractivity contribution in [3.63, 3.8) is 0 Å². The zero-order valence-corrected chi connectivity index (χ0v) is 12.9. The fraction of sp³-hybridized carbons (Fsp3) is 0.333. The second kappa shape index (κ2) is 6.69. The van der Waals surface area contributed by atoms with Crippen LogP contribution in [0, 0.1) is 6.92 Å². The highest BCUT2D eigenvalue weighted by atomic mass is 32.1. The molecule has 1 unspecified atom stereocenters. The van der Waals surface area contributed by atoms with E-state index in [1.54, 1.807) is 6.92 Å². The summed E-state index contributed by atoms with van der Waals surface area (Å²) in [4.78, 5) is 16.1. The predicted octanol–water partition coefficient (Wildman–Crippen LogP) is 2.16. The molecular formula is C15H19N3O2S. The number of urea groups is 1. The molecule has 1 atom stereocenters. The first-order valence-corrected chi connectivity index (χ1v) is 7.61. The second-order valence-corrected chi connectivity index (χ2v) is 5.87. The lowest BCUT2D eigenvalue weighted by atomic mass is 9.99. The summed E-state index contributed by atoms with van der Waals surface area (Å²) in [5, 5.41) is 19.5. The van der Waals surface area contributed by atoms with E-state index in [4.69, 9.17) is 0 Å². The average molecular weight is 305 g/mol. The van der Waals surface area contributed by atoms with E-state index in [0.29, 0.717) is 6.54 Å². The van der Waals surface area contributed by atoms with Gasteiger partial charge in [0.05, 0.1) is 18.8 Å². The summed E-state index contributed by atoms with van der Waals surface area (Å²) in [6.45, 7) is 4.09. The number of thiophene rings is 1. The van der Waals surface area contributed by atoms with Gasteiger partial charge in [-0.3, -0.25) is 4.98 Å². The lowest BCUT2D eigenvalue weighted by Crippen LogP contribution is -2.43. The second-order valence-electron chi connectivity index (χ2n) is 5.09. The zero-order chi connectivity index (χ0) is 15.3. The largest absolute Gasteiger partial charge is 0.384 e. The van der Waals surface area contributed by atoms with E-state index in [9.17, 15) is 9.90 Å². The Morgan fingerprint density at radius 3 is 2.86 bits per heavy atom. The van der Waals surface area contributed by atoms with E-state index >= 15 is 0 Å². The SMILES string of the molecule is Cc1cccc(CNC(=O)NCC(C)(O)c2ccsc2)n1. The van der Waals surface area contributed by atoms with Gasteiger partial charge in [-0.05, 0) is 48.4 Å². The number of pyridine rings is 1. The van der Waals surface area contributed by atoms with E-state index in [-0.39, 0.29) is 12.6 Å². The molecule has 2 rings (SSSR count). The van der Waals surface area contributed by atoms with Gasteiger partial charge in [0.1, 0.15) is 5.60 Å². The molecule has 0 saturated carbocycles. The molecule has 2 aromatic heterocycles. The molecule has 6 heteroatoms. The van der Waals surface area contributed by atoms with E-state index in [1.165, 1.54) is 11.3 Å². The third kappa shape index (κ3) is 4.54. The van der Waals surface area contributed by atoms with Crippen molar-refractivity contribution in [1.29, 1.82) is 0 Å². The van der Waals surface area contributed by atoms with Crippen LogP contribution in [0.1, 0.15) is 23.9 Å². The number of amides is 2. The van der Waals surface area contributed by atoms with Gasteiger partial charge in [-0.25, -0.2) is 4.79 Å². The molecule has 0 radical (unpaired) electrons. The highest BCUT2D eigenvalue weighted by molar-refractivity contribution is 7.08. The van der Waals surface area contributed by atoms with Crippen molar-refractivity contribution in [1.82, 2.24) is 15.6 Å². The number of hydrogen-bond acceptors (Lipinski definition) is 4. The number of rotatable bonds is 5. The molecular weight excluding hydrogens is 286 g/mol. The molecule has 2 aromatic rings. The maximum absolute atomic E-state index is 11.8. The third-order valence-electron chi connectivity index (χ3n) is 3.11. The molecule has 0 aliphatic rings. The van der Waals surface area contributed by atoms with Crippen molar-refractivity contribution in [2.75, 3.05) is 6.54 Å². The normalized spacial score (nSPS) is 13.5. The third-order valence-corrected chi connectivity index (χ3v) is 3.80. The minimum absolute atomic E-state index is 0.150. The molecule has 21 heavy (non-hydrogen) atoms. The Bertz CT molecular complexity index is 597. The smallest absolute Gasteiger partial charge is 0.315 e. The fourth-order valence-corrected chi connectivity index (χ4v) is 2.64. The molecule has 0 aromatic carbocycles. The van der Waals surface area contributed by atoms with Crippen molar-refractivity contribution < 1.29 is 9.90 Å². The maximum Gasteiger partial charge on any atom is 0.315 e. The van der Waals surface area contributed by atoms with Gasteiger partial charge in [-0.2, -0.15) is 11.3 Å². The number of carbonyl (C=O) groups excluding carboxylic acids is 1. The Kier molecular flexibility index (Phi) is 4.93. The Balaban J connectivity index is 1.80. The van der Waals surface area contributed by atoms with E-state index in [0.717, 1.165) is 17.0 Å². The summed E-state index contributed by atoms with van der Waals surface area (Å²) in [6.07, 6.45) is 0. The highest BCUT2D eigenvalue weighted by Crippen LogP contribution is 2.21. The summed E-state index contributed by atoms with van der Waals surface area (Å²) < 4.78 is 0. The van der Waals surface area contributed by atoms with Crippen LogP contribution >= 0.6 is 11.3 Å². The number of nitrogens with zero attached hydrogens (tertiary/aromatic N) is 1. The van der Waals surface area contributed by atoms with Gasteiger partial charge < -0.3 is 15.7 Å². The van der Waals surface area contributed by atoms with Crippen LogP contribution in [0.25, 0.3) is 0 Å². The standard InChI is InChI=1S/C15H19N3O2S/c1-11-4-3-5-13(18-11)8-16-14(19)17-10-15(2,20)12-6-7-21-9-12/h3-7,9,20H,8,10H2,1-2H3,(H2,16,17,19). The summed E-state index contributed by atoms with van der Waals surface area (Å²) >= 11 is 1.51. The van der Waals surface area contributed by atoms with Gasteiger partial charge in [0.2, 0.25) is 0 Å². The van der Waals surface area contributed by atoms with Crippen LogP contribution in [0.15, 0.2) is 35.0 Å². The lowest BCUT2D eigenvalue weighted by molar-refractivity contribution is 0.0598. The minimum atomic E-state index is -1.07. The van der Waals surface area contributed by atoms with E-state index in [1.807, 2.05) is 41.9 Å². The van der Waals surface area contributed by atoms with Crippen LogP contribution < -0.4 is 10.6 Å². The van der Waals surface area contributed by atoms with Crippen molar-refractivity contribution in [2.45, 2.75) is 26.0 Å². The van der Waals surface area contributed by atoms with Crippen molar-refractivity contribution in [2.24, 2.45) is 0 Å².